The summed E-state index contributed by atoms with van der Waals surface area (Å²) in [5, 5.41) is 11.8. The Balaban J connectivity index is 2.47. The standard InChI is InChI=1S/C13H16BrNO3/c1-2-11(16)7-8-15-13(18)12(17)9-3-5-10(14)6-4-9/h3-6,11,16H,2,7-8H2,1H3,(H,15,18). The van der Waals surface area contributed by atoms with Crippen LogP contribution in [0.1, 0.15) is 30.1 Å². The minimum Gasteiger partial charge on any atom is -0.393 e. The van der Waals surface area contributed by atoms with Crippen molar-refractivity contribution in [1.29, 1.82) is 0 Å². The lowest BCUT2D eigenvalue weighted by Gasteiger charge is -2.08. The van der Waals surface area contributed by atoms with E-state index in [1.807, 2.05) is 6.92 Å². The molecule has 0 fully saturated rings. The summed E-state index contributed by atoms with van der Waals surface area (Å²) in [6.45, 7) is 2.16. The number of hydrogen-bond donors (Lipinski definition) is 2. The molecule has 0 bridgehead atoms. The molecular formula is C13H16BrNO3. The van der Waals surface area contributed by atoms with Crippen LogP contribution in [0.4, 0.5) is 0 Å². The van der Waals surface area contributed by atoms with Gasteiger partial charge >= 0.3 is 0 Å². The first-order chi connectivity index (χ1) is 8.54. The first-order valence-corrected chi connectivity index (χ1v) is 6.60. The molecule has 0 heterocycles. The molecular weight excluding hydrogens is 298 g/mol. The molecule has 0 radical (unpaired) electrons. The van der Waals surface area contributed by atoms with Crippen LogP contribution in [0.3, 0.4) is 0 Å². The van der Waals surface area contributed by atoms with Crippen LogP contribution in [0.2, 0.25) is 0 Å². The van der Waals surface area contributed by atoms with Crippen molar-refractivity contribution < 1.29 is 14.7 Å². The quantitative estimate of drug-likeness (QED) is 0.623. The summed E-state index contributed by atoms with van der Waals surface area (Å²) in [4.78, 5) is 23.3. The summed E-state index contributed by atoms with van der Waals surface area (Å²) in [6.07, 6.45) is 0.653. The Morgan fingerprint density at radius 3 is 2.50 bits per heavy atom. The molecule has 18 heavy (non-hydrogen) atoms. The van der Waals surface area contributed by atoms with Gasteiger partial charge in [-0.3, -0.25) is 9.59 Å². The van der Waals surface area contributed by atoms with Crippen molar-refractivity contribution >= 4 is 27.6 Å². The van der Waals surface area contributed by atoms with E-state index in [1.54, 1.807) is 24.3 Å². The summed E-state index contributed by atoms with van der Waals surface area (Å²) in [5.74, 6) is -1.20. The van der Waals surface area contributed by atoms with Crippen LogP contribution >= 0.6 is 15.9 Å². The Morgan fingerprint density at radius 2 is 1.94 bits per heavy atom. The highest BCUT2D eigenvalue weighted by atomic mass is 79.9. The van der Waals surface area contributed by atoms with Crippen molar-refractivity contribution in [2.45, 2.75) is 25.9 Å². The molecule has 0 aliphatic carbocycles. The maximum absolute atomic E-state index is 11.7. The number of hydrogen-bond acceptors (Lipinski definition) is 3. The number of Topliss-reactive ketones (excluding diaryl/α,β-unsaturated/α-hetero) is 1. The number of carbonyl (C=O) groups is 2. The van der Waals surface area contributed by atoms with Gasteiger partial charge in [-0.25, -0.2) is 0 Å². The van der Waals surface area contributed by atoms with Gasteiger partial charge in [0.25, 0.3) is 5.91 Å². The zero-order valence-electron chi connectivity index (χ0n) is 10.1. The molecule has 1 aromatic carbocycles. The van der Waals surface area contributed by atoms with E-state index in [9.17, 15) is 14.7 Å². The lowest BCUT2D eigenvalue weighted by molar-refractivity contribution is -0.117. The third-order valence-electron chi connectivity index (χ3n) is 2.55. The largest absolute Gasteiger partial charge is 0.393 e. The molecule has 0 aromatic heterocycles. The minimum atomic E-state index is -0.638. The average Bonchev–Trinajstić information content (AvgIpc) is 2.38. The van der Waals surface area contributed by atoms with Crippen molar-refractivity contribution in [3.8, 4) is 0 Å². The van der Waals surface area contributed by atoms with Crippen LogP contribution < -0.4 is 5.32 Å². The predicted molar refractivity (Wildman–Crippen MR) is 72.4 cm³/mol. The number of rotatable bonds is 6. The number of benzene rings is 1. The third-order valence-corrected chi connectivity index (χ3v) is 3.08. The fourth-order valence-electron chi connectivity index (χ4n) is 1.37. The highest BCUT2D eigenvalue weighted by molar-refractivity contribution is 9.10. The maximum Gasteiger partial charge on any atom is 0.292 e. The molecule has 4 nitrogen and oxygen atoms in total. The third kappa shape index (κ3) is 4.58. The van der Waals surface area contributed by atoms with Crippen molar-refractivity contribution in [2.75, 3.05) is 6.54 Å². The number of amides is 1. The second kappa shape index (κ2) is 7.28. The van der Waals surface area contributed by atoms with Gasteiger partial charge in [0.2, 0.25) is 5.78 Å². The van der Waals surface area contributed by atoms with Crippen LogP contribution in [0.25, 0.3) is 0 Å². The summed E-state index contributed by atoms with van der Waals surface area (Å²) in [5.41, 5.74) is 0.353. The van der Waals surface area contributed by atoms with E-state index < -0.39 is 17.8 Å². The number of aliphatic hydroxyl groups excluding tert-OH is 1. The van der Waals surface area contributed by atoms with Gasteiger partial charge in [0.15, 0.2) is 0 Å². The first-order valence-electron chi connectivity index (χ1n) is 5.80. The fraction of sp³-hybridized carbons (Fsp3) is 0.385. The van der Waals surface area contributed by atoms with Gasteiger partial charge in [-0.2, -0.15) is 0 Å². The lowest BCUT2D eigenvalue weighted by atomic mass is 10.1. The van der Waals surface area contributed by atoms with Gasteiger partial charge in [0.1, 0.15) is 0 Å². The topological polar surface area (TPSA) is 66.4 Å². The molecule has 98 valence electrons. The molecule has 0 aliphatic rings. The Morgan fingerprint density at radius 1 is 1.33 bits per heavy atom. The second-order valence-electron chi connectivity index (χ2n) is 3.94. The highest BCUT2D eigenvalue weighted by Gasteiger charge is 2.15. The van der Waals surface area contributed by atoms with Gasteiger partial charge in [-0.1, -0.05) is 22.9 Å². The van der Waals surface area contributed by atoms with E-state index in [0.717, 1.165) is 4.47 Å². The molecule has 1 amide bonds. The van der Waals surface area contributed by atoms with Gasteiger partial charge in [-0.05, 0) is 37.1 Å². The molecule has 1 atom stereocenters. The Bertz CT molecular complexity index is 417. The molecule has 0 spiro atoms. The Kier molecular flexibility index (Phi) is 6.01. The Labute approximate surface area is 115 Å². The van der Waals surface area contributed by atoms with Gasteiger partial charge in [0.05, 0.1) is 6.10 Å². The molecule has 2 N–H and O–H groups in total. The van der Waals surface area contributed by atoms with E-state index in [0.29, 0.717) is 24.9 Å². The van der Waals surface area contributed by atoms with Gasteiger partial charge in [-0.15, -0.1) is 0 Å². The molecule has 0 aliphatic heterocycles. The Hall–Kier alpha value is -1.20. The van der Waals surface area contributed by atoms with Crippen LogP contribution in [0.5, 0.6) is 0 Å². The molecule has 1 rings (SSSR count). The maximum atomic E-state index is 11.7. The lowest BCUT2D eigenvalue weighted by Crippen LogP contribution is -2.33. The van der Waals surface area contributed by atoms with E-state index in [4.69, 9.17) is 0 Å². The van der Waals surface area contributed by atoms with E-state index >= 15 is 0 Å². The predicted octanol–water partition coefficient (Wildman–Crippen LogP) is 1.91. The van der Waals surface area contributed by atoms with Gasteiger partial charge < -0.3 is 10.4 Å². The molecule has 1 aromatic rings. The average molecular weight is 314 g/mol. The summed E-state index contributed by atoms with van der Waals surface area (Å²) in [7, 11) is 0. The van der Waals surface area contributed by atoms with Crippen molar-refractivity contribution in [1.82, 2.24) is 5.32 Å². The number of aliphatic hydroxyl groups is 1. The van der Waals surface area contributed by atoms with Crippen LogP contribution in [0, 0.1) is 0 Å². The van der Waals surface area contributed by atoms with Crippen LogP contribution in [-0.4, -0.2) is 29.4 Å². The first kappa shape index (κ1) is 14.9. The molecule has 0 saturated heterocycles. The number of halogens is 1. The van der Waals surface area contributed by atoms with E-state index in [-0.39, 0.29) is 0 Å². The minimum absolute atomic E-state index is 0.302. The fourth-order valence-corrected chi connectivity index (χ4v) is 1.63. The second-order valence-corrected chi connectivity index (χ2v) is 4.86. The van der Waals surface area contributed by atoms with E-state index in [1.165, 1.54) is 0 Å². The van der Waals surface area contributed by atoms with Crippen molar-refractivity contribution in [3.05, 3.63) is 34.3 Å². The van der Waals surface area contributed by atoms with E-state index in [2.05, 4.69) is 21.2 Å². The molecule has 5 heteroatoms. The zero-order chi connectivity index (χ0) is 13.5. The SMILES string of the molecule is CCC(O)CCNC(=O)C(=O)c1ccc(Br)cc1. The van der Waals surface area contributed by atoms with Gasteiger partial charge in [0, 0.05) is 16.6 Å². The summed E-state index contributed by atoms with van der Waals surface area (Å²) in [6, 6.07) is 6.60. The van der Waals surface area contributed by atoms with Crippen LogP contribution in [0.15, 0.2) is 28.7 Å². The van der Waals surface area contributed by atoms with Crippen molar-refractivity contribution in [3.63, 3.8) is 0 Å². The molecule has 1 unspecified atom stereocenters. The number of carbonyl (C=O) groups excluding carboxylic acids is 2. The molecule has 0 saturated carbocycles. The normalized spacial score (nSPS) is 11.9. The summed E-state index contributed by atoms with van der Waals surface area (Å²) < 4.78 is 0.852. The smallest absolute Gasteiger partial charge is 0.292 e. The van der Waals surface area contributed by atoms with Crippen LogP contribution in [-0.2, 0) is 4.79 Å². The summed E-state index contributed by atoms with van der Waals surface area (Å²) >= 11 is 3.26. The number of nitrogens with one attached hydrogen (secondary N) is 1. The highest BCUT2D eigenvalue weighted by Crippen LogP contribution is 2.10. The monoisotopic (exact) mass is 313 g/mol. The zero-order valence-corrected chi connectivity index (χ0v) is 11.7. The number of ketones is 1. The van der Waals surface area contributed by atoms with Crippen molar-refractivity contribution in [2.24, 2.45) is 0 Å².